The summed E-state index contributed by atoms with van der Waals surface area (Å²) in [6, 6.07) is 10.4. The fourth-order valence-electron chi connectivity index (χ4n) is 2.46. The lowest BCUT2D eigenvalue weighted by molar-refractivity contribution is -0.121. The maximum absolute atomic E-state index is 13.2. The number of thiophene rings is 1. The zero-order chi connectivity index (χ0) is 20.0. The molecule has 0 atom stereocenters. The standard InChI is InChI=1S/C19H18FN3O3S2/c20-16-2-1-3-17(11-16)28(25,26)23-8-5-19(24)22-12-14-4-7-21-18(10-14)15-6-9-27-13-15/h1-4,6-7,9-11,13,23H,5,8,12H2,(H,22,24). The number of halogens is 1. The van der Waals surface area contributed by atoms with Crippen molar-refractivity contribution >= 4 is 27.3 Å². The minimum atomic E-state index is -3.85. The van der Waals surface area contributed by atoms with Crippen LogP contribution < -0.4 is 10.0 Å². The van der Waals surface area contributed by atoms with Gasteiger partial charge in [-0.25, -0.2) is 17.5 Å². The number of amides is 1. The van der Waals surface area contributed by atoms with E-state index in [1.54, 1.807) is 17.5 Å². The monoisotopic (exact) mass is 419 g/mol. The third kappa shape index (κ3) is 5.44. The molecule has 9 heteroatoms. The molecule has 0 radical (unpaired) electrons. The van der Waals surface area contributed by atoms with Crippen molar-refractivity contribution in [2.45, 2.75) is 17.9 Å². The molecule has 0 unspecified atom stereocenters. The maximum Gasteiger partial charge on any atom is 0.240 e. The average Bonchev–Trinajstić information content (AvgIpc) is 3.21. The van der Waals surface area contributed by atoms with Crippen LogP contribution in [0.3, 0.4) is 0 Å². The van der Waals surface area contributed by atoms with Crippen molar-refractivity contribution < 1.29 is 17.6 Å². The molecule has 0 bridgehead atoms. The fourth-order valence-corrected chi connectivity index (χ4v) is 4.17. The Morgan fingerprint density at radius 1 is 1.18 bits per heavy atom. The van der Waals surface area contributed by atoms with E-state index in [2.05, 4.69) is 15.0 Å². The molecule has 2 N–H and O–H groups in total. The highest BCUT2D eigenvalue weighted by atomic mass is 32.2. The van der Waals surface area contributed by atoms with Crippen LogP contribution in [0.15, 0.2) is 64.3 Å². The average molecular weight is 420 g/mol. The van der Waals surface area contributed by atoms with E-state index in [-0.39, 0.29) is 23.8 Å². The van der Waals surface area contributed by atoms with E-state index in [1.807, 2.05) is 29.0 Å². The van der Waals surface area contributed by atoms with Crippen LogP contribution in [0.2, 0.25) is 0 Å². The first-order valence-corrected chi connectivity index (χ1v) is 10.9. The largest absolute Gasteiger partial charge is 0.352 e. The van der Waals surface area contributed by atoms with Gasteiger partial charge in [-0.3, -0.25) is 9.78 Å². The molecule has 28 heavy (non-hydrogen) atoms. The summed E-state index contributed by atoms with van der Waals surface area (Å²) in [5, 5.41) is 6.71. The van der Waals surface area contributed by atoms with Crippen LogP contribution in [0.4, 0.5) is 4.39 Å². The lowest BCUT2D eigenvalue weighted by Crippen LogP contribution is -2.30. The molecule has 0 spiro atoms. The molecule has 0 saturated heterocycles. The number of nitrogens with zero attached hydrogens (tertiary/aromatic N) is 1. The smallest absolute Gasteiger partial charge is 0.240 e. The molecule has 6 nitrogen and oxygen atoms in total. The van der Waals surface area contributed by atoms with Gasteiger partial charge in [0.25, 0.3) is 0 Å². The van der Waals surface area contributed by atoms with Crippen LogP contribution in [-0.4, -0.2) is 25.9 Å². The summed E-state index contributed by atoms with van der Waals surface area (Å²) in [6.07, 6.45) is 1.65. The molecule has 2 aromatic heterocycles. The predicted molar refractivity (Wildman–Crippen MR) is 106 cm³/mol. The van der Waals surface area contributed by atoms with Crippen LogP contribution in [0.25, 0.3) is 11.3 Å². The molecule has 0 fully saturated rings. The quantitative estimate of drug-likeness (QED) is 0.588. The van der Waals surface area contributed by atoms with Gasteiger partial charge in [-0.15, -0.1) is 0 Å². The number of aromatic nitrogens is 1. The summed E-state index contributed by atoms with van der Waals surface area (Å²) >= 11 is 1.58. The fraction of sp³-hybridized carbons (Fsp3) is 0.158. The van der Waals surface area contributed by atoms with Gasteiger partial charge in [0.1, 0.15) is 5.82 Å². The topological polar surface area (TPSA) is 88.2 Å². The Morgan fingerprint density at radius 2 is 2.04 bits per heavy atom. The molecule has 0 aliphatic carbocycles. The number of pyridine rings is 1. The van der Waals surface area contributed by atoms with Gasteiger partial charge in [0, 0.05) is 36.7 Å². The van der Waals surface area contributed by atoms with Gasteiger partial charge in [0.15, 0.2) is 0 Å². The van der Waals surface area contributed by atoms with Crippen molar-refractivity contribution in [3.8, 4) is 11.3 Å². The number of benzene rings is 1. The van der Waals surface area contributed by atoms with Gasteiger partial charge in [-0.2, -0.15) is 11.3 Å². The summed E-state index contributed by atoms with van der Waals surface area (Å²) in [5.74, 6) is -0.935. The number of hydrogen-bond donors (Lipinski definition) is 2. The predicted octanol–water partition coefficient (Wildman–Crippen LogP) is 2.93. The summed E-state index contributed by atoms with van der Waals surface area (Å²) in [6.45, 7) is 0.232. The summed E-state index contributed by atoms with van der Waals surface area (Å²) in [5.41, 5.74) is 2.74. The summed E-state index contributed by atoms with van der Waals surface area (Å²) in [4.78, 5) is 16.1. The first-order chi connectivity index (χ1) is 13.4. The SMILES string of the molecule is O=C(CCNS(=O)(=O)c1cccc(F)c1)NCc1ccnc(-c2ccsc2)c1. The number of sulfonamides is 1. The van der Waals surface area contributed by atoms with Crippen LogP contribution >= 0.6 is 11.3 Å². The van der Waals surface area contributed by atoms with Crippen molar-refractivity contribution in [3.05, 3.63) is 70.8 Å². The Hall–Kier alpha value is -2.62. The lowest BCUT2D eigenvalue weighted by Gasteiger charge is -2.08. The van der Waals surface area contributed by atoms with E-state index >= 15 is 0 Å². The van der Waals surface area contributed by atoms with Gasteiger partial charge in [0.05, 0.1) is 10.6 Å². The van der Waals surface area contributed by atoms with Crippen molar-refractivity contribution in [1.82, 2.24) is 15.0 Å². The third-order valence-electron chi connectivity index (χ3n) is 3.88. The molecule has 3 aromatic rings. The van der Waals surface area contributed by atoms with E-state index in [4.69, 9.17) is 0 Å². The Balaban J connectivity index is 1.48. The van der Waals surface area contributed by atoms with Crippen LogP contribution in [0, 0.1) is 5.82 Å². The van der Waals surface area contributed by atoms with Crippen molar-refractivity contribution in [1.29, 1.82) is 0 Å². The first-order valence-electron chi connectivity index (χ1n) is 8.43. The molecule has 2 heterocycles. The molecule has 1 amide bonds. The Morgan fingerprint density at radius 3 is 2.79 bits per heavy atom. The minimum absolute atomic E-state index is 0.0307. The van der Waals surface area contributed by atoms with Gasteiger partial charge < -0.3 is 5.32 Å². The molecule has 0 aliphatic rings. The summed E-state index contributed by atoms with van der Waals surface area (Å²) < 4.78 is 39.6. The van der Waals surface area contributed by atoms with E-state index in [1.165, 1.54) is 12.1 Å². The zero-order valence-corrected chi connectivity index (χ0v) is 16.4. The third-order valence-corrected chi connectivity index (χ3v) is 6.02. The Labute approximate surface area is 166 Å². The normalized spacial score (nSPS) is 11.3. The highest BCUT2D eigenvalue weighted by Gasteiger charge is 2.14. The summed E-state index contributed by atoms with van der Waals surface area (Å²) in [7, 11) is -3.85. The van der Waals surface area contributed by atoms with Crippen LogP contribution in [0.1, 0.15) is 12.0 Å². The number of carbonyl (C=O) groups excluding carboxylic acids is 1. The number of rotatable bonds is 8. The lowest BCUT2D eigenvalue weighted by atomic mass is 10.1. The van der Waals surface area contributed by atoms with Gasteiger partial charge in [0.2, 0.25) is 15.9 Å². The maximum atomic E-state index is 13.2. The van der Waals surface area contributed by atoms with E-state index in [0.717, 1.165) is 29.0 Å². The van der Waals surface area contributed by atoms with E-state index < -0.39 is 15.8 Å². The first kappa shape index (κ1) is 20.1. The molecule has 146 valence electrons. The molecular formula is C19H18FN3O3S2. The number of carbonyl (C=O) groups is 1. The molecule has 3 rings (SSSR count). The minimum Gasteiger partial charge on any atom is -0.352 e. The molecule has 0 saturated carbocycles. The molecule has 0 aliphatic heterocycles. The van der Waals surface area contributed by atoms with Gasteiger partial charge >= 0.3 is 0 Å². The number of nitrogens with one attached hydrogen (secondary N) is 2. The second kappa shape index (κ2) is 9.05. The van der Waals surface area contributed by atoms with Crippen molar-refractivity contribution in [3.63, 3.8) is 0 Å². The number of hydrogen-bond acceptors (Lipinski definition) is 5. The molecular weight excluding hydrogens is 401 g/mol. The van der Waals surface area contributed by atoms with E-state index in [0.29, 0.717) is 6.54 Å². The van der Waals surface area contributed by atoms with Crippen LogP contribution in [-0.2, 0) is 21.4 Å². The van der Waals surface area contributed by atoms with Gasteiger partial charge in [-0.05, 0) is 47.3 Å². The second-order valence-corrected chi connectivity index (χ2v) is 8.49. The Bertz CT molecular complexity index is 1050. The van der Waals surface area contributed by atoms with Crippen molar-refractivity contribution in [2.24, 2.45) is 0 Å². The second-order valence-electron chi connectivity index (χ2n) is 5.94. The highest BCUT2D eigenvalue weighted by molar-refractivity contribution is 7.89. The van der Waals surface area contributed by atoms with E-state index in [9.17, 15) is 17.6 Å². The Kier molecular flexibility index (Phi) is 6.50. The molecule has 1 aromatic carbocycles. The zero-order valence-electron chi connectivity index (χ0n) is 14.8. The van der Waals surface area contributed by atoms with Crippen molar-refractivity contribution in [2.75, 3.05) is 6.54 Å². The highest BCUT2D eigenvalue weighted by Crippen LogP contribution is 2.20. The van der Waals surface area contributed by atoms with Crippen LogP contribution in [0.5, 0.6) is 0 Å². The van der Waals surface area contributed by atoms with Gasteiger partial charge in [-0.1, -0.05) is 6.07 Å².